The summed E-state index contributed by atoms with van der Waals surface area (Å²) in [5, 5.41) is 0.155. The minimum Gasteiger partial charge on any atom is -0.383 e. The number of carbonyl (C=O) groups is 1. The molecule has 0 saturated heterocycles. The quantitative estimate of drug-likeness (QED) is 0.601. The number of benzene rings is 1. The zero-order valence-corrected chi connectivity index (χ0v) is 17.4. The summed E-state index contributed by atoms with van der Waals surface area (Å²) in [7, 11) is 0. The Morgan fingerprint density at radius 2 is 1.90 bits per heavy atom. The fraction of sp³-hybridized carbons (Fsp3) is 0.450. The van der Waals surface area contributed by atoms with Crippen LogP contribution in [0, 0.1) is 5.82 Å². The average molecular weight is 425 g/mol. The number of hydrogen-bond donors (Lipinski definition) is 2. The van der Waals surface area contributed by atoms with Crippen LogP contribution in [0.2, 0.25) is 5.02 Å². The Kier molecular flexibility index (Phi) is 8.01. The molecule has 1 amide bonds. The number of nitrogens with zero attached hydrogens (tertiary/aromatic N) is 2. The monoisotopic (exact) mass is 424 g/mol. The number of rotatable bonds is 9. The summed E-state index contributed by atoms with van der Waals surface area (Å²) in [5.74, 6) is -1.61. The third-order valence-corrected chi connectivity index (χ3v) is 4.85. The molecule has 158 valence electrons. The Balaban J connectivity index is 2.59. The van der Waals surface area contributed by atoms with Gasteiger partial charge in [-0.1, -0.05) is 44.7 Å². The van der Waals surface area contributed by atoms with Crippen molar-refractivity contribution in [3.63, 3.8) is 0 Å². The SMILES string of the molecule is CCCCCN(C(=O)c1ccc(Cl)cc1F)c1c(N)n(CCCC)c(=O)[nH]c1=O. The molecule has 0 fully saturated rings. The molecule has 1 heterocycles. The number of aromatic nitrogens is 2. The average Bonchev–Trinajstić information content (AvgIpc) is 2.66. The van der Waals surface area contributed by atoms with Crippen molar-refractivity contribution in [1.29, 1.82) is 0 Å². The summed E-state index contributed by atoms with van der Waals surface area (Å²) >= 11 is 5.78. The Morgan fingerprint density at radius 1 is 1.21 bits per heavy atom. The van der Waals surface area contributed by atoms with Crippen molar-refractivity contribution in [2.45, 2.75) is 52.5 Å². The van der Waals surface area contributed by atoms with Gasteiger partial charge >= 0.3 is 5.69 Å². The van der Waals surface area contributed by atoms with E-state index in [1.807, 2.05) is 13.8 Å². The number of carbonyl (C=O) groups excluding carboxylic acids is 1. The smallest absolute Gasteiger partial charge is 0.330 e. The van der Waals surface area contributed by atoms with Crippen LogP contribution in [0.25, 0.3) is 0 Å². The first-order valence-electron chi connectivity index (χ1n) is 9.71. The molecule has 29 heavy (non-hydrogen) atoms. The third-order valence-electron chi connectivity index (χ3n) is 4.61. The lowest BCUT2D eigenvalue weighted by atomic mass is 10.1. The highest BCUT2D eigenvalue weighted by atomic mass is 35.5. The zero-order valence-electron chi connectivity index (χ0n) is 16.6. The Bertz CT molecular complexity index is 987. The fourth-order valence-electron chi connectivity index (χ4n) is 3.02. The van der Waals surface area contributed by atoms with E-state index in [9.17, 15) is 18.8 Å². The summed E-state index contributed by atoms with van der Waals surface area (Å²) in [5.41, 5.74) is 4.36. The molecule has 3 N–H and O–H groups in total. The molecule has 0 bridgehead atoms. The van der Waals surface area contributed by atoms with E-state index < -0.39 is 23.0 Å². The Labute approximate surface area is 173 Å². The van der Waals surface area contributed by atoms with Gasteiger partial charge in [0.15, 0.2) is 5.69 Å². The van der Waals surface area contributed by atoms with Gasteiger partial charge in [-0.3, -0.25) is 19.1 Å². The Hall–Kier alpha value is -2.61. The minimum atomic E-state index is -0.794. The molecule has 7 nitrogen and oxygen atoms in total. The van der Waals surface area contributed by atoms with E-state index in [1.54, 1.807) is 0 Å². The predicted molar refractivity (Wildman–Crippen MR) is 113 cm³/mol. The van der Waals surface area contributed by atoms with E-state index in [0.29, 0.717) is 19.4 Å². The van der Waals surface area contributed by atoms with Gasteiger partial charge in [0, 0.05) is 18.1 Å². The molecular weight excluding hydrogens is 399 g/mol. The number of aromatic amines is 1. The van der Waals surface area contributed by atoms with Gasteiger partial charge in [0.2, 0.25) is 0 Å². The number of halogens is 2. The second-order valence-electron chi connectivity index (χ2n) is 6.79. The maximum atomic E-state index is 14.4. The number of anilines is 2. The lowest BCUT2D eigenvalue weighted by Crippen LogP contribution is -2.42. The molecule has 0 aliphatic rings. The van der Waals surface area contributed by atoms with Gasteiger partial charge in [-0.15, -0.1) is 0 Å². The molecule has 0 unspecified atom stereocenters. The number of nitrogens with two attached hydrogens (primary N) is 1. The maximum Gasteiger partial charge on any atom is 0.330 e. The number of nitrogens with one attached hydrogen (secondary N) is 1. The van der Waals surface area contributed by atoms with Crippen molar-refractivity contribution in [3.8, 4) is 0 Å². The van der Waals surface area contributed by atoms with Crippen LogP contribution < -0.4 is 21.9 Å². The number of amides is 1. The second-order valence-corrected chi connectivity index (χ2v) is 7.22. The first kappa shape index (κ1) is 22.7. The van der Waals surface area contributed by atoms with E-state index >= 15 is 0 Å². The van der Waals surface area contributed by atoms with Crippen LogP contribution in [0.4, 0.5) is 15.9 Å². The summed E-state index contributed by atoms with van der Waals surface area (Å²) < 4.78 is 15.6. The summed E-state index contributed by atoms with van der Waals surface area (Å²) in [6, 6.07) is 3.71. The van der Waals surface area contributed by atoms with Gasteiger partial charge in [-0.25, -0.2) is 9.18 Å². The van der Waals surface area contributed by atoms with Crippen LogP contribution in [0.5, 0.6) is 0 Å². The molecule has 9 heteroatoms. The number of nitrogen functional groups attached to an aromatic ring is 1. The van der Waals surface area contributed by atoms with Crippen molar-refractivity contribution >= 4 is 29.0 Å². The largest absolute Gasteiger partial charge is 0.383 e. The van der Waals surface area contributed by atoms with Crippen molar-refractivity contribution in [2.75, 3.05) is 17.2 Å². The van der Waals surface area contributed by atoms with Crippen LogP contribution >= 0.6 is 11.6 Å². The number of unbranched alkanes of at least 4 members (excludes halogenated alkanes) is 3. The van der Waals surface area contributed by atoms with E-state index in [-0.39, 0.29) is 28.6 Å². The van der Waals surface area contributed by atoms with Gasteiger partial charge in [-0.05, 0) is 31.0 Å². The van der Waals surface area contributed by atoms with Crippen molar-refractivity contribution < 1.29 is 9.18 Å². The first-order valence-corrected chi connectivity index (χ1v) is 10.1. The molecule has 2 rings (SSSR count). The van der Waals surface area contributed by atoms with Crippen molar-refractivity contribution in [2.24, 2.45) is 0 Å². The highest BCUT2D eigenvalue weighted by Crippen LogP contribution is 2.23. The number of hydrogen-bond acceptors (Lipinski definition) is 4. The molecule has 0 aliphatic carbocycles. The molecule has 0 saturated carbocycles. The highest BCUT2D eigenvalue weighted by molar-refractivity contribution is 6.30. The molecule has 1 aromatic heterocycles. The van der Waals surface area contributed by atoms with E-state index in [2.05, 4.69) is 4.98 Å². The van der Waals surface area contributed by atoms with Crippen LogP contribution in [-0.4, -0.2) is 22.0 Å². The van der Waals surface area contributed by atoms with Gasteiger partial charge in [0.05, 0.1) is 5.56 Å². The van der Waals surface area contributed by atoms with Crippen LogP contribution in [0.3, 0.4) is 0 Å². The normalized spacial score (nSPS) is 10.9. The zero-order chi connectivity index (χ0) is 21.6. The summed E-state index contributed by atoms with van der Waals surface area (Å²) in [6.45, 7) is 4.42. The molecule has 2 aromatic rings. The van der Waals surface area contributed by atoms with Crippen molar-refractivity contribution in [3.05, 3.63) is 55.4 Å². The topological polar surface area (TPSA) is 101 Å². The van der Waals surface area contributed by atoms with Crippen LogP contribution in [0.1, 0.15) is 56.3 Å². The number of H-pyrrole nitrogens is 1. The molecule has 0 radical (unpaired) electrons. The summed E-state index contributed by atoms with van der Waals surface area (Å²) in [6.07, 6.45) is 3.77. The highest BCUT2D eigenvalue weighted by Gasteiger charge is 2.26. The van der Waals surface area contributed by atoms with Crippen molar-refractivity contribution in [1.82, 2.24) is 9.55 Å². The first-order chi connectivity index (χ1) is 13.8. The van der Waals surface area contributed by atoms with E-state index in [4.69, 9.17) is 17.3 Å². The second kappa shape index (κ2) is 10.2. The molecule has 0 aliphatic heterocycles. The standard InChI is InChI=1S/C20H26ClFN4O3/c1-3-5-7-11-25(19(28)14-9-8-13(21)12-15(14)22)16-17(23)26(10-6-4-2)20(29)24-18(16)27/h8-9,12H,3-7,10-11,23H2,1-2H3,(H,24,27,29). The fourth-order valence-corrected chi connectivity index (χ4v) is 3.18. The van der Waals surface area contributed by atoms with Gasteiger partial charge in [0.1, 0.15) is 11.6 Å². The van der Waals surface area contributed by atoms with E-state index in [1.165, 1.54) is 16.7 Å². The molecule has 1 aromatic carbocycles. The Morgan fingerprint density at radius 3 is 2.52 bits per heavy atom. The molecule has 0 atom stereocenters. The lowest BCUT2D eigenvalue weighted by Gasteiger charge is -2.25. The summed E-state index contributed by atoms with van der Waals surface area (Å²) in [4.78, 5) is 41.3. The minimum absolute atomic E-state index is 0.105. The van der Waals surface area contributed by atoms with Crippen LogP contribution in [-0.2, 0) is 6.54 Å². The third kappa shape index (κ3) is 5.26. The molecule has 0 spiro atoms. The maximum absolute atomic E-state index is 14.4. The van der Waals surface area contributed by atoms with Gasteiger partial charge < -0.3 is 10.6 Å². The lowest BCUT2D eigenvalue weighted by molar-refractivity contribution is 0.0982. The van der Waals surface area contributed by atoms with Gasteiger partial charge in [-0.2, -0.15) is 0 Å². The predicted octanol–water partition coefficient (Wildman–Crippen LogP) is 3.55. The van der Waals surface area contributed by atoms with Crippen LogP contribution in [0.15, 0.2) is 27.8 Å². The van der Waals surface area contributed by atoms with E-state index in [0.717, 1.165) is 30.2 Å². The van der Waals surface area contributed by atoms with Gasteiger partial charge in [0.25, 0.3) is 11.5 Å². The molecular formula is C20H26ClFN4O3.